The van der Waals surface area contributed by atoms with Crippen LogP contribution in [0.1, 0.15) is 18.4 Å². The van der Waals surface area contributed by atoms with Crippen LogP contribution >= 0.6 is 23.2 Å². The van der Waals surface area contributed by atoms with Gasteiger partial charge in [0, 0.05) is 22.9 Å². The summed E-state index contributed by atoms with van der Waals surface area (Å²) in [5.74, 6) is -2.66. The lowest BCUT2D eigenvalue weighted by Gasteiger charge is -2.45. The lowest BCUT2D eigenvalue weighted by Crippen LogP contribution is -2.55. The van der Waals surface area contributed by atoms with Gasteiger partial charge < -0.3 is 5.73 Å². The molecule has 0 radical (unpaired) electrons. The summed E-state index contributed by atoms with van der Waals surface area (Å²) in [4.78, 5) is 0. The molecule has 0 atom stereocenters. The van der Waals surface area contributed by atoms with Crippen molar-refractivity contribution in [2.24, 2.45) is 5.73 Å². The Morgan fingerprint density at radius 3 is 1.93 bits per heavy atom. The molecule has 0 amide bonds. The van der Waals surface area contributed by atoms with E-state index in [1.165, 1.54) is 0 Å². The molecule has 1 saturated carbocycles. The van der Waals surface area contributed by atoms with Gasteiger partial charge in [-0.25, -0.2) is 8.78 Å². The highest BCUT2D eigenvalue weighted by Gasteiger charge is 2.55. The minimum atomic E-state index is -2.66. The zero-order chi connectivity index (χ0) is 11.3. The largest absolute Gasteiger partial charge is 0.321 e. The average molecular weight is 252 g/mol. The number of hydrogen-bond acceptors (Lipinski definition) is 1. The van der Waals surface area contributed by atoms with Crippen LogP contribution in [-0.2, 0) is 5.54 Å². The molecule has 0 aliphatic heterocycles. The molecule has 1 aromatic rings. The molecule has 0 spiro atoms. The van der Waals surface area contributed by atoms with E-state index in [0.29, 0.717) is 15.6 Å². The topological polar surface area (TPSA) is 26.0 Å². The molecule has 5 heteroatoms. The van der Waals surface area contributed by atoms with Crippen LogP contribution in [0.4, 0.5) is 8.78 Å². The Kier molecular flexibility index (Phi) is 2.45. The van der Waals surface area contributed by atoms with E-state index < -0.39 is 11.5 Å². The molecule has 0 saturated heterocycles. The maximum atomic E-state index is 12.8. The second-order valence-electron chi connectivity index (χ2n) is 4.02. The molecule has 2 rings (SSSR count). The van der Waals surface area contributed by atoms with Crippen molar-refractivity contribution in [3.05, 3.63) is 33.8 Å². The molecule has 0 unspecified atom stereocenters. The van der Waals surface area contributed by atoms with Gasteiger partial charge in [0.2, 0.25) is 0 Å². The first-order chi connectivity index (χ1) is 6.81. The molecule has 1 nitrogen and oxygen atoms in total. The van der Waals surface area contributed by atoms with Gasteiger partial charge in [-0.15, -0.1) is 0 Å². The molecule has 1 aliphatic rings. The third-order valence-corrected chi connectivity index (χ3v) is 3.02. The summed E-state index contributed by atoms with van der Waals surface area (Å²) in [6.07, 6.45) is -0.701. The van der Waals surface area contributed by atoms with E-state index in [1.807, 2.05) is 0 Å². The normalized spacial score (nSPS) is 22.2. The van der Waals surface area contributed by atoms with Gasteiger partial charge in [-0.3, -0.25) is 0 Å². The first-order valence-corrected chi connectivity index (χ1v) is 5.20. The average Bonchev–Trinajstić information content (AvgIpc) is 1.98. The van der Waals surface area contributed by atoms with Crippen LogP contribution in [0.3, 0.4) is 0 Å². The molecule has 0 heterocycles. The van der Waals surface area contributed by atoms with E-state index in [4.69, 9.17) is 28.9 Å². The third kappa shape index (κ3) is 2.10. The number of hydrogen-bond donors (Lipinski definition) is 1. The number of rotatable bonds is 1. The summed E-state index contributed by atoms with van der Waals surface area (Å²) in [6, 6.07) is 4.72. The fourth-order valence-electron chi connectivity index (χ4n) is 1.92. The Balaban J connectivity index is 2.31. The highest BCUT2D eigenvalue weighted by molar-refractivity contribution is 6.34. The summed E-state index contributed by atoms with van der Waals surface area (Å²) in [5.41, 5.74) is 5.43. The van der Waals surface area contributed by atoms with Gasteiger partial charge in [-0.05, 0) is 23.8 Å². The minimum absolute atomic E-state index is 0.351. The van der Waals surface area contributed by atoms with E-state index in [-0.39, 0.29) is 12.8 Å². The predicted molar refractivity (Wildman–Crippen MR) is 56.5 cm³/mol. The molecular formula is C10H9Cl2F2N. The summed E-state index contributed by atoms with van der Waals surface area (Å²) in [7, 11) is 0. The second-order valence-corrected chi connectivity index (χ2v) is 4.90. The zero-order valence-electron chi connectivity index (χ0n) is 7.74. The fourth-order valence-corrected chi connectivity index (χ4v) is 2.44. The van der Waals surface area contributed by atoms with Gasteiger partial charge in [0.05, 0.1) is 5.54 Å². The van der Waals surface area contributed by atoms with Crippen LogP contribution in [0.2, 0.25) is 10.0 Å². The first kappa shape index (κ1) is 11.1. The van der Waals surface area contributed by atoms with Crippen molar-refractivity contribution >= 4 is 23.2 Å². The monoisotopic (exact) mass is 251 g/mol. The van der Waals surface area contributed by atoms with Gasteiger partial charge >= 0.3 is 0 Å². The quantitative estimate of drug-likeness (QED) is 0.812. The second kappa shape index (κ2) is 3.30. The molecule has 82 valence electrons. The maximum Gasteiger partial charge on any atom is 0.252 e. The smallest absolute Gasteiger partial charge is 0.252 e. The van der Waals surface area contributed by atoms with Gasteiger partial charge in [0.1, 0.15) is 0 Å². The van der Waals surface area contributed by atoms with Crippen LogP contribution in [-0.4, -0.2) is 5.92 Å². The molecule has 1 aliphatic carbocycles. The SMILES string of the molecule is NC1(c2cc(Cl)cc(Cl)c2)CC(F)(F)C1. The van der Waals surface area contributed by atoms with Crippen molar-refractivity contribution in [2.75, 3.05) is 0 Å². The first-order valence-electron chi connectivity index (χ1n) is 4.44. The van der Waals surface area contributed by atoms with Gasteiger partial charge in [-0.2, -0.15) is 0 Å². The fraction of sp³-hybridized carbons (Fsp3) is 0.400. The number of halogens is 4. The standard InChI is InChI=1S/C10H9Cl2F2N/c11-7-1-6(2-8(12)3-7)9(15)4-10(13,14)5-9/h1-3H,4-5,15H2. The Morgan fingerprint density at radius 2 is 1.53 bits per heavy atom. The Hall–Kier alpha value is -0.380. The highest BCUT2D eigenvalue weighted by Crippen LogP contribution is 2.50. The zero-order valence-corrected chi connectivity index (χ0v) is 9.25. The van der Waals surface area contributed by atoms with Crippen LogP contribution in [0.15, 0.2) is 18.2 Å². The molecule has 0 aromatic heterocycles. The summed E-state index contributed by atoms with van der Waals surface area (Å²) < 4.78 is 25.5. The number of alkyl halides is 2. The Labute approximate surface area is 96.2 Å². The van der Waals surface area contributed by atoms with Crippen molar-refractivity contribution in [3.8, 4) is 0 Å². The lowest BCUT2D eigenvalue weighted by molar-refractivity contribution is -0.125. The number of nitrogens with two attached hydrogens (primary N) is 1. The van der Waals surface area contributed by atoms with Crippen molar-refractivity contribution in [1.82, 2.24) is 0 Å². The third-order valence-electron chi connectivity index (χ3n) is 2.59. The van der Waals surface area contributed by atoms with Crippen LogP contribution < -0.4 is 5.73 Å². The van der Waals surface area contributed by atoms with Crippen LogP contribution in [0.5, 0.6) is 0 Å². The summed E-state index contributed by atoms with van der Waals surface area (Å²) >= 11 is 11.6. The highest BCUT2D eigenvalue weighted by atomic mass is 35.5. The number of benzene rings is 1. The Morgan fingerprint density at radius 1 is 1.07 bits per heavy atom. The van der Waals surface area contributed by atoms with E-state index >= 15 is 0 Å². The minimum Gasteiger partial charge on any atom is -0.321 e. The predicted octanol–water partition coefficient (Wildman–Crippen LogP) is 3.58. The summed E-state index contributed by atoms with van der Waals surface area (Å²) in [6.45, 7) is 0. The van der Waals surface area contributed by atoms with E-state index in [1.54, 1.807) is 18.2 Å². The molecule has 1 fully saturated rings. The Bertz CT molecular complexity index is 378. The molecule has 1 aromatic carbocycles. The molecular weight excluding hydrogens is 243 g/mol. The maximum absolute atomic E-state index is 12.8. The van der Waals surface area contributed by atoms with E-state index in [2.05, 4.69) is 0 Å². The molecule has 0 bridgehead atoms. The lowest BCUT2D eigenvalue weighted by atomic mass is 9.70. The van der Waals surface area contributed by atoms with E-state index in [0.717, 1.165) is 0 Å². The van der Waals surface area contributed by atoms with Crippen molar-refractivity contribution < 1.29 is 8.78 Å². The van der Waals surface area contributed by atoms with Crippen LogP contribution in [0, 0.1) is 0 Å². The van der Waals surface area contributed by atoms with Crippen molar-refractivity contribution in [1.29, 1.82) is 0 Å². The van der Waals surface area contributed by atoms with E-state index in [9.17, 15) is 8.78 Å². The van der Waals surface area contributed by atoms with Gasteiger partial charge in [-0.1, -0.05) is 23.2 Å². The van der Waals surface area contributed by atoms with Crippen molar-refractivity contribution in [2.45, 2.75) is 24.3 Å². The van der Waals surface area contributed by atoms with Gasteiger partial charge in [0.15, 0.2) is 0 Å². The molecule has 15 heavy (non-hydrogen) atoms. The van der Waals surface area contributed by atoms with Crippen molar-refractivity contribution in [3.63, 3.8) is 0 Å². The van der Waals surface area contributed by atoms with Crippen LogP contribution in [0.25, 0.3) is 0 Å². The van der Waals surface area contributed by atoms with Gasteiger partial charge in [0.25, 0.3) is 5.92 Å². The summed E-state index contributed by atoms with van der Waals surface area (Å²) in [5, 5.41) is 0.829. The molecule has 2 N–H and O–H groups in total.